The molecule has 2 heterocycles. The van der Waals surface area contributed by atoms with Gasteiger partial charge in [0, 0.05) is 63.1 Å². The zero-order valence-corrected chi connectivity index (χ0v) is 38.3. The number of halogens is 3. The number of ether oxygens (including phenoxy) is 2. The maximum Gasteiger partial charge on any atom is 0.329 e. The van der Waals surface area contributed by atoms with Gasteiger partial charge in [-0.05, 0) is 134 Å². The van der Waals surface area contributed by atoms with Crippen LogP contribution in [0.1, 0.15) is 51.4 Å². The van der Waals surface area contributed by atoms with Crippen LogP contribution in [0.4, 0.5) is 4.39 Å². The molecule has 2 fully saturated rings. The second kappa shape index (κ2) is 21.8. The summed E-state index contributed by atoms with van der Waals surface area (Å²) < 4.78 is 29.3. The van der Waals surface area contributed by atoms with Crippen LogP contribution in [0.5, 0.6) is 0 Å². The molecular formula is C52H51Cl2FN4O8. The number of hydrogen-bond donors (Lipinski definition) is 2. The van der Waals surface area contributed by atoms with Crippen LogP contribution in [0.15, 0.2) is 113 Å². The van der Waals surface area contributed by atoms with Gasteiger partial charge in [-0.3, -0.25) is 9.59 Å². The molecule has 2 aromatic heterocycles. The van der Waals surface area contributed by atoms with Crippen molar-refractivity contribution < 1.29 is 33.7 Å². The Hall–Kier alpha value is -5.99. The molecular weight excluding hydrogens is 898 g/mol. The summed E-state index contributed by atoms with van der Waals surface area (Å²) in [6, 6.07) is 30.1. The quantitative estimate of drug-likeness (QED) is 0.0900. The molecule has 2 saturated carbocycles. The van der Waals surface area contributed by atoms with Crippen molar-refractivity contribution in [1.29, 1.82) is 0 Å². The predicted octanol–water partition coefficient (Wildman–Crippen LogP) is 10.4. The Morgan fingerprint density at radius 1 is 0.537 bits per heavy atom. The topological polar surface area (TPSA) is 163 Å². The summed E-state index contributed by atoms with van der Waals surface area (Å²) in [7, 11) is 0. The third-order valence-corrected chi connectivity index (χ3v) is 13.4. The Balaban J connectivity index is 1.10. The standard InChI is InChI=1S/C52H51Cl2FN4O8/c53-41-9-3-8-40(22-41)51-43(24-47(60)58(56-51)26-32-10-14-34(15-11-32)28-66-30-49(62)63)38-6-1-4-36(20-38)37-5-2-7-39(21-37)52-45(44-23-42(54)18-19-46(44)55)25-48(61)59(57-52)27-33-12-16-35(17-13-33)29-67-31-50(64)65/h1-9,18-25,32-35H,10-17,26-31H2,(H,62,63)(H,64,65). The summed E-state index contributed by atoms with van der Waals surface area (Å²) >= 11 is 12.9. The van der Waals surface area contributed by atoms with Gasteiger partial charge in [0.25, 0.3) is 11.1 Å². The normalized spacial score (nSPS) is 18.4. The lowest BCUT2D eigenvalue weighted by molar-refractivity contribution is -0.143. The maximum absolute atomic E-state index is 15.6. The van der Waals surface area contributed by atoms with Crippen LogP contribution >= 0.6 is 23.2 Å². The Bertz CT molecular complexity index is 2870. The van der Waals surface area contributed by atoms with E-state index in [1.54, 1.807) is 12.1 Å². The van der Waals surface area contributed by atoms with Crippen molar-refractivity contribution in [3.8, 4) is 55.9 Å². The highest BCUT2D eigenvalue weighted by atomic mass is 35.5. The average molecular weight is 950 g/mol. The molecule has 0 amide bonds. The van der Waals surface area contributed by atoms with E-state index in [1.165, 1.54) is 33.6 Å². The molecule has 0 aliphatic heterocycles. The van der Waals surface area contributed by atoms with Crippen molar-refractivity contribution in [2.45, 2.75) is 64.5 Å². The molecule has 348 valence electrons. The minimum Gasteiger partial charge on any atom is -0.480 e. The van der Waals surface area contributed by atoms with Gasteiger partial charge in [-0.25, -0.2) is 23.3 Å². The van der Waals surface area contributed by atoms with Crippen LogP contribution in [-0.2, 0) is 32.2 Å². The van der Waals surface area contributed by atoms with Gasteiger partial charge in [0.05, 0.1) is 24.6 Å². The number of carboxylic acid groups (broad SMARTS) is 2. The zero-order chi connectivity index (χ0) is 47.0. The number of hydrogen-bond acceptors (Lipinski definition) is 8. The summed E-state index contributed by atoms with van der Waals surface area (Å²) in [6.07, 6.45) is 6.81. The van der Waals surface area contributed by atoms with Crippen molar-refractivity contribution in [3.63, 3.8) is 0 Å². The third-order valence-electron chi connectivity index (χ3n) is 12.9. The average Bonchev–Trinajstić information content (AvgIpc) is 3.32. The highest BCUT2D eigenvalue weighted by Crippen LogP contribution is 2.38. The van der Waals surface area contributed by atoms with Crippen LogP contribution in [0, 0.1) is 29.5 Å². The van der Waals surface area contributed by atoms with Crippen LogP contribution in [0.2, 0.25) is 10.0 Å². The number of nitrogens with zero attached hydrogens (tertiary/aromatic N) is 4. The van der Waals surface area contributed by atoms with E-state index >= 15 is 4.39 Å². The Kier molecular flexibility index (Phi) is 15.4. The van der Waals surface area contributed by atoms with Gasteiger partial charge in [0.15, 0.2) is 0 Å². The van der Waals surface area contributed by atoms with Crippen LogP contribution in [-0.4, -0.2) is 68.1 Å². The Morgan fingerprint density at radius 2 is 0.970 bits per heavy atom. The SMILES string of the molecule is O=C(O)COCC1CCC(Cn2nc(-c3cccc(Cl)c3)c(-c3cccc(-c4cccc(-c5nn(CC6CCC(COCC(=O)O)CC6)c(=O)cc5-c5cc(Cl)ccc5F)c4)c3)cc2=O)CC1. The Labute approximate surface area is 396 Å². The van der Waals surface area contributed by atoms with Crippen molar-refractivity contribution >= 4 is 35.1 Å². The number of benzene rings is 4. The number of aromatic nitrogens is 4. The lowest BCUT2D eigenvalue weighted by Gasteiger charge is -2.28. The van der Waals surface area contributed by atoms with E-state index in [0.29, 0.717) is 64.4 Å². The van der Waals surface area contributed by atoms with Gasteiger partial charge in [0.1, 0.15) is 19.0 Å². The van der Waals surface area contributed by atoms with Crippen molar-refractivity contribution in [3.05, 3.63) is 140 Å². The highest BCUT2D eigenvalue weighted by Gasteiger charge is 2.26. The van der Waals surface area contributed by atoms with E-state index < -0.39 is 17.8 Å². The number of carbonyl (C=O) groups is 2. The third kappa shape index (κ3) is 12.1. The first kappa shape index (κ1) is 47.5. The van der Waals surface area contributed by atoms with Gasteiger partial charge in [-0.2, -0.15) is 10.2 Å². The number of carboxylic acids is 2. The van der Waals surface area contributed by atoms with Crippen molar-refractivity contribution in [1.82, 2.24) is 19.6 Å². The number of rotatable bonds is 17. The van der Waals surface area contributed by atoms with Gasteiger partial charge < -0.3 is 19.7 Å². The first-order valence-corrected chi connectivity index (χ1v) is 23.4. The molecule has 12 nitrogen and oxygen atoms in total. The molecule has 8 rings (SSSR count). The predicted molar refractivity (Wildman–Crippen MR) is 256 cm³/mol. The van der Waals surface area contributed by atoms with E-state index in [4.69, 9.17) is 53.1 Å². The monoisotopic (exact) mass is 948 g/mol. The van der Waals surface area contributed by atoms with E-state index in [-0.39, 0.29) is 53.6 Å². The molecule has 15 heteroatoms. The second-order valence-electron chi connectivity index (χ2n) is 17.7. The van der Waals surface area contributed by atoms with Crippen LogP contribution < -0.4 is 11.1 Å². The fraction of sp³-hybridized carbons (Fsp3) is 0.346. The largest absolute Gasteiger partial charge is 0.480 e. The van der Waals surface area contributed by atoms with Gasteiger partial charge in [-0.15, -0.1) is 0 Å². The summed E-state index contributed by atoms with van der Waals surface area (Å²) in [4.78, 5) is 49.5. The Morgan fingerprint density at radius 3 is 1.51 bits per heavy atom. The van der Waals surface area contributed by atoms with E-state index in [1.807, 2.05) is 66.7 Å². The molecule has 67 heavy (non-hydrogen) atoms. The highest BCUT2D eigenvalue weighted by molar-refractivity contribution is 6.31. The second-order valence-corrected chi connectivity index (χ2v) is 18.6. The molecule has 0 unspecified atom stereocenters. The molecule has 0 atom stereocenters. The molecule has 2 aliphatic rings. The van der Waals surface area contributed by atoms with Gasteiger partial charge in [-0.1, -0.05) is 71.7 Å². The van der Waals surface area contributed by atoms with Gasteiger partial charge >= 0.3 is 11.9 Å². The smallest absolute Gasteiger partial charge is 0.329 e. The molecule has 0 spiro atoms. The van der Waals surface area contributed by atoms with Gasteiger partial charge in [0.2, 0.25) is 0 Å². The van der Waals surface area contributed by atoms with Crippen molar-refractivity contribution in [2.75, 3.05) is 26.4 Å². The number of aliphatic carboxylic acids is 2. The first-order chi connectivity index (χ1) is 32.4. The molecule has 6 aromatic rings. The fourth-order valence-electron chi connectivity index (χ4n) is 9.42. The maximum atomic E-state index is 15.6. The summed E-state index contributed by atoms with van der Waals surface area (Å²) in [6.45, 7) is 0.958. The summed E-state index contributed by atoms with van der Waals surface area (Å²) in [5, 5.41) is 28.6. The summed E-state index contributed by atoms with van der Waals surface area (Å²) in [5.74, 6) is -1.63. The first-order valence-electron chi connectivity index (χ1n) is 22.6. The minimum atomic E-state index is -0.997. The zero-order valence-electron chi connectivity index (χ0n) is 36.8. The molecule has 0 saturated heterocycles. The molecule has 2 N–H and O–H groups in total. The van der Waals surface area contributed by atoms with E-state index in [9.17, 15) is 19.2 Å². The fourth-order valence-corrected chi connectivity index (χ4v) is 9.78. The molecule has 4 aromatic carbocycles. The molecule has 0 radical (unpaired) electrons. The van der Waals surface area contributed by atoms with Crippen LogP contribution in [0.3, 0.4) is 0 Å². The molecule has 2 aliphatic carbocycles. The van der Waals surface area contributed by atoms with E-state index in [0.717, 1.165) is 73.6 Å². The summed E-state index contributed by atoms with van der Waals surface area (Å²) in [5.41, 5.74) is 5.30. The molecule has 0 bridgehead atoms. The van der Waals surface area contributed by atoms with E-state index in [2.05, 4.69) is 0 Å². The minimum absolute atomic E-state index is 0.152. The lowest BCUT2D eigenvalue weighted by atomic mass is 9.82. The van der Waals surface area contributed by atoms with Crippen molar-refractivity contribution in [2.24, 2.45) is 23.7 Å². The lowest BCUT2D eigenvalue weighted by Crippen LogP contribution is -2.29. The van der Waals surface area contributed by atoms with Crippen LogP contribution in [0.25, 0.3) is 55.9 Å².